The Kier molecular flexibility index (Phi) is 3.18. The Morgan fingerprint density at radius 2 is 2.25 bits per heavy atom. The molecular formula is C10H11F3N2S. The van der Waals surface area contributed by atoms with Crippen molar-refractivity contribution in [3.63, 3.8) is 0 Å². The van der Waals surface area contributed by atoms with Gasteiger partial charge >= 0.3 is 6.18 Å². The topological polar surface area (TPSA) is 15.6 Å². The van der Waals surface area contributed by atoms with E-state index in [0.29, 0.717) is 13.2 Å². The normalized spacial score (nSPS) is 15.3. The van der Waals surface area contributed by atoms with Gasteiger partial charge in [-0.1, -0.05) is 0 Å². The number of fused-ring (bicyclic) bond motifs is 1. The van der Waals surface area contributed by atoms with Crippen LogP contribution in [-0.4, -0.2) is 25.6 Å². The highest BCUT2D eigenvalue weighted by Gasteiger charge is 2.27. The van der Waals surface area contributed by atoms with Gasteiger partial charge in [-0.25, -0.2) is 0 Å². The minimum atomic E-state index is -4.06. The van der Waals surface area contributed by atoms with Crippen molar-refractivity contribution in [3.8, 4) is 0 Å². The van der Waals surface area contributed by atoms with Crippen molar-refractivity contribution in [2.24, 2.45) is 4.99 Å². The molecule has 0 bridgehead atoms. The Morgan fingerprint density at radius 1 is 1.44 bits per heavy atom. The molecule has 16 heavy (non-hydrogen) atoms. The fourth-order valence-electron chi connectivity index (χ4n) is 1.61. The number of nitrogens with zero attached hydrogens (tertiary/aromatic N) is 2. The van der Waals surface area contributed by atoms with Crippen LogP contribution in [0.2, 0.25) is 0 Å². The third kappa shape index (κ3) is 2.75. The smallest absolute Gasteiger partial charge is 0.343 e. The SMILES string of the molecule is FC(F)(F)CCCN1CN=Cc2ccsc21. The average molecular weight is 248 g/mol. The fourth-order valence-corrected chi connectivity index (χ4v) is 2.51. The number of hydrogen-bond donors (Lipinski definition) is 0. The fraction of sp³-hybridized carbons (Fsp3) is 0.500. The van der Waals surface area contributed by atoms with Gasteiger partial charge in [0.15, 0.2) is 0 Å². The molecule has 6 heteroatoms. The Bertz CT molecular complexity index is 384. The number of halogens is 3. The lowest BCUT2D eigenvalue weighted by molar-refractivity contribution is -0.135. The first-order chi connectivity index (χ1) is 7.56. The van der Waals surface area contributed by atoms with Gasteiger partial charge in [0.1, 0.15) is 11.7 Å². The molecule has 0 N–H and O–H groups in total. The van der Waals surface area contributed by atoms with Crippen LogP contribution in [0.15, 0.2) is 16.4 Å². The van der Waals surface area contributed by atoms with Crippen LogP contribution in [0.3, 0.4) is 0 Å². The first kappa shape index (κ1) is 11.4. The van der Waals surface area contributed by atoms with Gasteiger partial charge in [-0.05, 0) is 17.9 Å². The molecule has 1 aliphatic heterocycles. The van der Waals surface area contributed by atoms with Crippen LogP contribution in [-0.2, 0) is 0 Å². The number of aliphatic imine (C=N–C) groups is 1. The van der Waals surface area contributed by atoms with Crippen molar-refractivity contribution in [2.75, 3.05) is 18.1 Å². The molecule has 0 unspecified atom stereocenters. The highest BCUT2D eigenvalue weighted by molar-refractivity contribution is 7.14. The molecule has 1 aromatic heterocycles. The number of rotatable bonds is 3. The largest absolute Gasteiger partial charge is 0.389 e. The zero-order chi connectivity index (χ0) is 11.6. The van der Waals surface area contributed by atoms with Gasteiger partial charge in [0.25, 0.3) is 0 Å². The highest BCUT2D eigenvalue weighted by Crippen LogP contribution is 2.30. The van der Waals surface area contributed by atoms with E-state index in [2.05, 4.69) is 4.99 Å². The molecule has 2 rings (SSSR count). The number of anilines is 1. The number of hydrogen-bond acceptors (Lipinski definition) is 3. The van der Waals surface area contributed by atoms with Crippen LogP contribution in [0, 0.1) is 0 Å². The molecule has 0 aliphatic carbocycles. The van der Waals surface area contributed by atoms with Gasteiger partial charge < -0.3 is 4.90 Å². The van der Waals surface area contributed by atoms with E-state index < -0.39 is 12.6 Å². The molecule has 0 aromatic carbocycles. The summed E-state index contributed by atoms with van der Waals surface area (Å²) in [6.07, 6.45) is -2.90. The molecule has 88 valence electrons. The standard InChI is InChI=1S/C10H11F3N2S/c11-10(12,13)3-1-4-15-7-14-6-8-2-5-16-9(8)15/h2,5-6H,1,3-4,7H2. The second kappa shape index (κ2) is 4.45. The molecule has 0 radical (unpaired) electrons. The van der Waals surface area contributed by atoms with E-state index in [9.17, 15) is 13.2 Å². The molecule has 0 amide bonds. The van der Waals surface area contributed by atoms with Gasteiger partial charge in [-0.2, -0.15) is 13.2 Å². The van der Waals surface area contributed by atoms with Crippen LogP contribution >= 0.6 is 11.3 Å². The third-order valence-corrected chi connectivity index (χ3v) is 3.32. The van der Waals surface area contributed by atoms with Gasteiger partial charge in [-0.3, -0.25) is 4.99 Å². The summed E-state index contributed by atoms with van der Waals surface area (Å²) in [5, 5.41) is 2.95. The second-order valence-electron chi connectivity index (χ2n) is 3.62. The van der Waals surface area contributed by atoms with Gasteiger partial charge in [0.2, 0.25) is 0 Å². The van der Waals surface area contributed by atoms with Crippen molar-refractivity contribution < 1.29 is 13.2 Å². The number of thiophene rings is 1. The van der Waals surface area contributed by atoms with Gasteiger partial charge in [0, 0.05) is 24.7 Å². The molecule has 0 spiro atoms. The summed E-state index contributed by atoms with van der Waals surface area (Å²) in [4.78, 5) is 6.01. The van der Waals surface area contributed by atoms with Crippen molar-refractivity contribution in [2.45, 2.75) is 19.0 Å². The predicted octanol–water partition coefficient (Wildman–Crippen LogP) is 3.29. The Hall–Kier alpha value is -1.04. The van der Waals surface area contributed by atoms with Crippen LogP contribution in [0.25, 0.3) is 0 Å². The maximum absolute atomic E-state index is 12.0. The lowest BCUT2D eigenvalue weighted by Gasteiger charge is -2.24. The molecular weight excluding hydrogens is 237 g/mol. The van der Waals surface area contributed by atoms with E-state index in [1.165, 1.54) is 0 Å². The van der Waals surface area contributed by atoms with Crippen molar-refractivity contribution in [1.29, 1.82) is 0 Å². The lowest BCUT2D eigenvalue weighted by atomic mass is 10.2. The van der Waals surface area contributed by atoms with E-state index in [4.69, 9.17) is 0 Å². The maximum atomic E-state index is 12.0. The van der Waals surface area contributed by atoms with E-state index in [0.717, 1.165) is 10.6 Å². The summed E-state index contributed by atoms with van der Waals surface area (Å²) in [5.41, 5.74) is 1.00. The molecule has 0 saturated heterocycles. The summed E-state index contributed by atoms with van der Waals surface area (Å²) >= 11 is 1.54. The van der Waals surface area contributed by atoms with Crippen molar-refractivity contribution >= 4 is 22.6 Å². The molecule has 1 aliphatic rings. The zero-order valence-corrected chi connectivity index (χ0v) is 9.31. The van der Waals surface area contributed by atoms with E-state index >= 15 is 0 Å². The quantitative estimate of drug-likeness (QED) is 0.801. The van der Waals surface area contributed by atoms with Crippen LogP contribution in [0.5, 0.6) is 0 Å². The summed E-state index contributed by atoms with van der Waals surface area (Å²) in [6.45, 7) is 0.871. The minimum absolute atomic E-state index is 0.121. The van der Waals surface area contributed by atoms with Crippen molar-refractivity contribution in [1.82, 2.24) is 0 Å². The van der Waals surface area contributed by atoms with Crippen LogP contribution in [0.1, 0.15) is 18.4 Å². The van der Waals surface area contributed by atoms with Crippen LogP contribution in [0.4, 0.5) is 18.2 Å². The Balaban J connectivity index is 1.90. The van der Waals surface area contributed by atoms with Crippen molar-refractivity contribution in [3.05, 3.63) is 17.0 Å². The molecule has 0 fully saturated rings. The zero-order valence-electron chi connectivity index (χ0n) is 8.50. The molecule has 0 saturated carbocycles. The summed E-state index contributed by atoms with van der Waals surface area (Å²) in [7, 11) is 0. The molecule has 2 heterocycles. The number of alkyl halides is 3. The summed E-state index contributed by atoms with van der Waals surface area (Å²) in [5.74, 6) is 0. The minimum Gasteiger partial charge on any atom is -0.343 e. The molecule has 0 atom stereocenters. The Morgan fingerprint density at radius 3 is 3.00 bits per heavy atom. The maximum Gasteiger partial charge on any atom is 0.389 e. The van der Waals surface area contributed by atoms with Gasteiger partial charge in [-0.15, -0.1) is 11.3 Å². The first-order valence-electron chi connectivity index (χ1n) is 4.95. The average Bonchev–Trinajstić information content (AvgIpc) is 2.64. The summed E-state index contributed by atoms with van der Waals surface area (Å²) in [6, 6.07) is 1.93. The van der Waals surface area contributed by atoms with E-state index in [1.807, 2.05) is 16.3 Å². The molecule has 2 nitrogen and oxygen atoms in total. The summed E-state index contributed by atoms with van der Waals surface area (Å²) < 4.78 is 36.0. The van der Waals surface area contributed by atoms with Gasteiger partial charge in [0.05, 0.1) is 0 Å². The lowest BCUT2D eigenvalue weighted by Crippen LogP contribution is -2.27. The van der Waals surface area contributed by atoms with E-state index in [1.54, 1.807) is 17.6 Å². The molecule has 1 aromatic rings. The van der Waals surface area contributed by atoms with E-state index in [-0.39, 0.29) is 6.42 Å². The first-order valence-corrected chi connectivity index (χ1v) is 5.83. The second-order valence-corrected chi connectivity index (χ2v) is 4.51. The predicted molar refractivity (Wildman–Crippen MR) is 59.4 cm³/mol. The van der Waals surface area contributed by atoms with Crippen LogP contribution < -0.4 is 4.90 Å². The monoisotopic (exact) mass is 248 g/mol. The highest BCUT2D eigenvalue weighted by atomic mass is 32.1. The Labute approximate surface area is 95.4 Å². The third-order valence-electron chi connectivity index (χ3n) is 2.33.